The molecule has 0 aromatic carbocycles. The standard InChI is InChI=1S/C5H9ClN6/c6-3-10-4(8)12-5(11-3)9-2-1-7/h1-2,7H2,(H3,8,9,10,11,12). The molecule has 5 N–H and O–H groups in total. The second-order valence-corrected chi connectivity index (χ2v) is 2.34. The summed E-state index contributed by atoms with van der Waals surface area (Å²) in [5.41, 5.74) is 10.6. The number of halogens is 1. The van der Waals surface area contributed by atoms with Gasteiger partial charge < -0.3 is 16.8 Å². The quantitative estimate of drug-likeness (QED) is 0.590. The first-order valence-electron chi connectivity index (χ1n) is 3.33. The third kappa shape index (κ3) is 2.48. The van der Waals surface area contributed by atoms with Gasteiger partial charge in [-0.3, -0.25) is 0 Å². The van der Waals surface area contributed by atoms with E-state index in [1.54, 1.807) is 0 Å². The van der Waals surface area contributed by atoms with Gasteiger partial charge in [0.25, 0.3) is 0 Å². The third-order valence-electron chi connectivity index (χ3n) is 1.05. The molecule has 0 saturated carbocycles. The van der Waals surface area contributed by atoms with E-state index in [1.807, 2.05) is 0 Å². The fraction of sp³-hybridized carbons (Fsp3) is 0.400. The van der Waals surface area contributed by atoms with Crippen LogP contribution in [-0.4, -0.2) is 28.0 Å². The van der Waals surface area contributed by atoms with Crippen molar-refractivity contribution in [3.05, 3.63) is 5.28 Å². The van der Waals surface area contributed by atoms with Crippen LogP contribution in [0.15, 0.2) is 0 Å². The highest BCUT2D eigenvalue weighted by molar-refractivity contribution is 6.28. The first-order chi connectivity index (χ1) is 5.72. The molecule has 1 aromatic rings. The zero-order valence-corrected chi connectivity index (χ0v) is 7.04. The Morgan fingerprint density at radius 3 is 2.67 bits per heavy atom. The number of anilines is 2. The monoisotopic (exact) mass is 188 g/mol. The Morgan fingerprint density at radius 1 is 1.33 bits per heavy atom. The van der Waals surface area contributed by atoms with Crippen LogP contribution in [0.1, 0.15) is 0 Å². The zero-order valence-electron chi connectivity index (χ0n) is 6.29. The highest BCUT2D eigenvalue weighted by Crippen LogP contribution is 2.05. The molecule has 0 aliphatic carbocycles. The predicted molar refractivity (Wildman–Crippen MR) is 46.8 cm³/mol. The summed E-state index contributed by atoms with van der Waals surface area (Å²) in [6, 6.07) is 0. The lowest BCUT2D eigenvalue weighted by molar-refractivity contribution is 0.972. The van der Waals surface area contributed by atoms with Crippen molar-refractivity contribution in [2.45, 2.75) is 0 Å². The minimum atomic E-state index is 0.0713. The van der Waals surface area contributed by atoms with Crippen molar-refractivity contribution in [3.8, 4) is 0 Å². The van der Waals surface area contributed by atoms with E-state index in [-0.39, 0.29) is 11.2 Å². The van der Waals surface area contributed by atoms with Gasteiger partial charge in [-0.25, -0.2) is 0 Å². The second kappa shape index (κ2) is 4.03. The molecule has 66 valence electrons. The van der Waals surface area contributed by atoms with Gasteiger partial charge in [0.1, 0.15) is 0 Å². The maximum absolute atomic E-state index is 5.52. The number of nitrogen functional groups attached to an aromatic ring is 1. The molecule has 1 heterocycles. The van der Waals surface area contributed by atoms with E-state index < -0.39 is 0 Å². The van der Waals surface area contributed by atoms with E-state index in [4.69, 9.17) is 23.1 Å². The van der Waals surface area contributed by atoms with Crippen molar-refractivity contribution < 1.29 is 0 Å². The summed E-state index contributed by atoms with van der Waals surface area (Å²) >= 11 is 5.52. The summed E-state index contributed by atoms with van der Waals surface area (Å²) in [5, 5.41) is 2.90. The summed E-state index contributed by atoms with van der Waals surface area (Å²) in [7, 11) is 0. The Kier molecular flexibility index (Phi) is 3.01. The minimum absolute atomic E-state index is 0.0713. The average molecular weight is 189 g/mol. The number of aromatic nitrogens is 3. The van der Waals surface area contributed by atoms with Gasteiger partial charge in [-0.15, -0.1) is 0 Å². The predicted octanol–water partition coefficient (Wildman–Crippen LogP) is -0.522. The fourth-order valence-corrected chi connectivity index (χ4v) is 0.795. The van der Waals surface area contributed by atoms with Crippen LogP contribution in [0.25, 0.3) is 0 Å². The molecule has 0 aliphatic rings. The number of nitrogens with zero attached hydrogens (tertiary/aromatic N) is 3. The van der Waals surface area contributed by atoms with E-state index in [1.165, 1.54) is 0 Å². The summed E-state index contributed by atoms with van der Waals surface area (Å²) in [4.78, 5) is 11.1. The van der Waals surface area contributed by atoms with Crippen molar-refractivity contribution in [1.82, 2.24) is 15.0 Å². The van der Waals surface area contributed by atoms with Gasteiger partial charge in [0.15, 0.2) is 0 Å². The van der Waals surface area contributed by atoms with Gasteiger partial charge in [0, 0.05) is 13.1 Å². The van der Waals surface area contributed by atoms with Crippen LogP contribution in [0.4, 0.5) is 11.9 Å². The summed E-state index contributed by atoms with van der Waals surface area (Å²) < 4.78 is 0. The third-order valence-corrected chi connectivity index (χ3v) is 1.22. The Morgan fingerprint density at radius 2 is 2.08 bits per heavy atom. The molecule has 0 aliphatic heterocycles. The van der Waals surface area contributed by atoms with Gasteiger partial charge in [0.2, 0.25) is 17.2 Å². The number of nitrogens with two attached hydrogens (primary N) is 2. The van der Waals surface area contributed by atoms with Crippen LogP contribution in [0.5, 0.6) is 0 Å². The molecule has 0 atom stereocenters. The average Bonchev–Trinajstić information content (AvgIpc) is 1.99. The smallest absolute Gasteiger partial charge is 0.228 e. The van der Waals surface area contributed by atoms with Crippen molar-refractivity contribution in [1.29, 1.82) is 0 Å². The molecule has 0 spiro atoms. The topological polar surface area (TPSA) is 103 Å². The van der Waals surface area contributed by atoms with Crippen LogP contribution in [0.2, 0.25) is 5.28 Å². The maximum Gasteiger partial charge on any atom is 0.228 e. The van der Waals surface area contributed by atoms with Crippen LogP contribution >= 0.6 is 11.6 Å². The van der Waals surface area contributed by atoms with Gasteiger partial charge >= 0.3 is 0 Å². The van der Waals surface area contributed by atoms with E-state index >= 15 is 0 Å². The van der Waals surface area contributed by atoms with Crippen LogP contribution in [0, 0.1) is 0 Å². The van der Waals surface area contributed by atoms with Gasteiger partial charge in [-0.2, -0.15) is 15.0 Å². The van der Waals surface area contributed by atoms with Crippen LogP contribution < -0.4 is 16.8 Å². The molecule has 6 nitrogen and oxygen atoms in total. The maximum atomic E-state index is 5.52. The molecule has 0 fully saturated rings. The lowest BCUT2D eigenvalue weighted by atomic mass is 10.6. The lowest BCUT2D eigenvalue weighted by Gasteiger charge is -2.02. The van der Waals surface area contributed by atoms with Crippen molar-refractivity contribution in [3.63, 3.8) is 0 Å². The molecule has 0 radical (unpaired) electrons. The molecule has 0 saturated heterocycles. The minimum Gasteiger partial charge on any atom is -0.368 e. The molecule has 7 heteroatoms. The van der Waals surface area contributed by atoms with Crippen molar-refractivity contribution in [2.75, 3.05) is 24.1 Å². The molecule has 1 aromatic heterocycles. The molecule has 0 bridgehead atoms. The Bertz CT molecular complexity index is 244. The van der Waals surface area contributed by atoms with Crippen LogP contribution in [-0.2, 0) is 0 Å². The summed E-state index contributed by atoms with van der Waals surface area (Å²) in [6.07, 6.45) is 0. The van der Waals surface area contributed by atoms with Gasteiger partial charge in [-0.1, -0.05) is 0 Å². The summed E-state index contributed by atoms with van der Waals surface area (Å²) in [6.45, 7) is 1.06. The van der Waals surface area contributed by atoms with E-state index in [2.05, 4.69) is 20.3 Å². The van der Waals surface area contributed by atoms with Crippen molar-refractivity contribution >= 4 is 23.5 Å². The fourth-order valence-electron chi connectivity index (χ4n) is 0.628. The van der Waals surface area contributed by atoms with Gasteiger partial charge in [-0.05, 0) is 11.6 Å². The first-order valence-corrected chi connectivity index (χ1v) is 3.71. The molecule has 0 unspecified atom stereocenters. The highest BCUT2D eigenvalue weighted by atomic mass is 35.5. The van der Waals surface area contributed by atoms with E-state index in [9.17, 15) is 0 Å². The molecule has 12 heavy (non-hydrogen) atoms. The second-order valence-electron chi connectivity index (χ2n) is 2.00. The molecular formula is C5H9ClN6. The molecule has 0 amide bonds. The molecule has 1 rings (SSSR count). The van der Waals surface area contributed by atoms with E-state index in [0.29, 0.717) is 19.0 Å². The number of hydrogen-bond acceptors (Lipinski definition) is 6. The Labute approximate surface area is 74.4 Å². The lowest BCUT2D eigenvalue weighted by Crippen LogP contribution is -2.15. The Balaban J connectivity index is 2.72. The number of nitrogens with one attached hydrogen (secondary N) is 1. The van der Waals surface area contributed by atoms with E-state index in [0.717, 1.165) is 0 Å². The normalized spacial score (nSPS) is 9.83. The summed E-state index contributed by atoms with van der Waals surface area (Å²) in [5.74, 6) is 0.437. The number of hydrogen-bond donors (Lipinski definition) is 3. The van der Waals surface area contributed by atoms with Gasteiger partial charge in [0.05, 0.1) is 0 Å². The van der Waals surface area contributed by atoms with Crippen LogP contribution in [0.3, 0.4) is 0 Å². The molecular weight excluding hydrogens is 180 g/mol. The number of rotatable bonds is 3. The zero-order chi connectivity index (χ0) is 8.97. The first kappa shape index (κ1) is 8.95. The highest BCUT2D eigenvalue weighted by Gasteiger charge is 1.99. The largest absolute Gasteiger partial charge is 0.368 e. The Hall–Kier alpha value is -1.14. The SMILES string of the molecule is NCCNc1nc(N)nc(Cl)n1. The van der Waals surface area contributed by atoms with Crippen molar-refractivity contribution in [2.24, 2.45) is 5.73 Å².